The Morgan fingerprint density at radius 3 is 1.86 bits per heavy atom. The van der Waals surface area contributed by atoms with E-state index in [0.717, 1.165) is 23.6 Å². The number of aryl methyl sites for hydroxylation is 1. The van der Waals surface area contributed by atoms with Gasteiger partial charge in [0.05, 0.1) is 4.90 Å². The van der Waals surface area contributed by atoms with Gasteiger partial charge < -0.3 is 4.55 Å². The molecule has 0 aromatic heterocycles. The SMILES string of the molecule is CCCCCCCCCCCCCc1c(S(=O)(=O)[O-])ccc2ccccc12.[Na+]. The predicted octanol–water partition coefficient (Wildman–Crippen LogP) is 3.60. The first-order valence-corrected chi connectivity index (χ1v) is 11.9. The maximum atomic E-state index is 11.6. The molecule has 0 amide bonds. The predicted molar refractivity (Wildman–Crippen MR) is 112 cm³/mol. The van der Waals surface area contributed by atoms with Crippen LogP contribution < -0.4 is 29.6 Å². The molecule has 0 unspecified atom stereocenters. The maximum Gasteiger partial charge on any atom is 1.00 e. The van der Waals surface area contributed by atoms with Gasteiger partial charge in [-0.1, -0.05) is 101 Å². The van der Waals surface area contributed by atoms with Crippen LogP contribution in [-0.2, 0) is 16.5 Å². The van der Waals surface area contributed by atoms with E-state index in [0.29, 0.717) is 12.0 Å². The summed E-state index contributed by atoms with van der Waals surface area (Å²) in [6.07, 6.45) is 14.4. The molecule has 0 aliphatic heterocycles. The Labute approximate surface area is 193 Å². The molecule has 0 N–H and O–H groups in total. The second kappa shape index (κ2) is 13.8. The van der Waals surface area contributed by atoms with E-state index in [1.165, 1.54) is 63.9 Å². The summed E-state index contributed by atoms with van der Waals surface area (Å²) in [7, 11) is -4.44. The van der Waals surface area contributed by atoms with E-state index in [1.54, 1.807) is 6.07 Å². The number of hydrogen-bond acceptors (Lipinski definition) is 3. The average Bonchev–Trinajstić information content (AvgIpc) is 2.65. The number of unbranched alkanes of at least 4 members (excludes halogenated alkanes) is 10. The minimum Gasteiger partial charge on any atom is -0.744 e. The fraction of sp³-hybridized carbons (Fsp3) is 0.565. The van der Waals surface area contributed by atoms with Crippen LogP contribution in [0.4, 0.5) is 0 Å². The first-order valence-electron chi connectivity index (χ1n) is 10.5. The van der Waals surface area contributed by atoms with Gasteiger partial charge in [-0.3, -0.25) is 0 Å². The van der Waals surface area contributed by atoms with Crippen LogP contribution in [0.5, 0.6) is 0 Å². The number of benzene rings is 2. The fourth-order valence-corrected chi connectivity index (χ4v) is 4.52. The molecule has 0 atom stereocenters. The van der Waals surface area contributed by atoms with Gasteiger partial charge in [0, 0.05) is 0 Å². The molecule has 0 saturated heterocycles. The standard InChI is InChI=1S/C23H34O3S.Na/c1-2-3-4-5-6-7-8-9-10-11-12-17-22-21-16-14-13-15-20(21)18-19-23(22)27(24,25)26;/h13-16,18-19H,2-12,17H2,1H3,(H,24,25,26);/q;+1/p-1. The van der Waals surface area contributed by atoms with Crippen molar-refractivity contribution in [1.29, 1.82) is 0 Å². The Morgan fingerprint density at radius 1 is 0.750 bits per heavy atom. The Balaban J connectivity index is 0.00000392. The van der Waals surface area contributed by atoms with Crippen LogP contribution >= 0.6 is 0 Å². The topological polar surface area (TPSA) is 57.2 Å². The van der Waals surface area contributed by atoms with E-state index >= 15 is 0 Å². The van der Waals surface area contributed by atoms with Crippen molar-refractivity contribution in [2.24, 2.45) is 0 Å². The third-order valence-corrected chi connectivity index (χ3v) is 6.22. The van der Waals surface area contributed by atoms with Gasteiger partial charge in [0.1, 0.15) is 10.1 Å². The van der Waals surface area contributed by atoms with Crippen molar-refractivity contribution in [3.8, 4) is 0 Å². The largest absolute Gasteiger partial charge is 1.00 e. The van der Waals surface area contributed by atoms with Crippen molar-refractivity contribution >= 4 is 20.9 Å². The molecule has 5 heteroatoms. The first-order chi connectivity index (χ1) is 13.0. The third-order valence-electron chi connectivity index (χ3n) is 5.30. The second-order valence-electron chi connectivity index (χ2n) is 7.50. The number of hydrogen-bond donors (Lipinski definition) is 0. The van der Waals surface area contributed by atoms with Crippen LogP contribution in [0, 0.1) is 0 Å². The summed E-state index contributed by atoms with van der Waals surface area (Å²) in [5.74, 6) is 0. The maximum absolute atomic E-state index is 11.6. The van der Waals surface area contributed by atoms with Crippen LogP contribution in [0.3, 0.4) is 0 Å². The Morgan fingerprint density at radius 2 is 1.29 bits per heavy atom. The molecule has 150 valence electrons. The van der Waals surface area contributed by atoms with E-state index < -0.39 is 10.1 Å². The van der Waals surface area contributed by atoms with Gasteiger partial charge in [-0.15, -0.1) is 0 Å². The van der Waals surface area contributed by atoms with E-state index in [1.807, 2.05) is 24.3 Å². The molecular formula is C23H33NaO3S. The van der Waals surface area contributed by atoms with Gasteiger partial charge in [0.25, 0.3) is 0 Å². The molecule has 0 spiro atoms. The van der Waals surface area contributed by atoms with Crippen LogP contribution in [0.1, 0.15) is 83.1 Å². The molecule has 0 saturated carbocycles. The molecule has 0 radical (unpaired) electrons. The smallest absolute Gasteiger partial charge is 0.744 e. The second-order valence-corrected chi connectivity index (χ2v) is 8.85. The minimum atomic E-state index is -4.44. The quantitative estimate of drug-likeness (QED) is 0.287. The van der Waals surface area contributed by atoms with Crippen molar-refractivity contribution in [3.63, 3.8) is 0 Å². The van der Waals surface area contributed by atoms with E-state index in [4.69, 9.17) is 0 Å². The molecule has 0 fully saturated rings. The Hall–Kier alpha value is -0.390. The summed E-state index contributed by atoms with van der Waals surface area (Å²) in [5, 5.41) is 1.88. The van der Waals surface area contributed by atoms with Crippen molar-refractivity contribution in [3.05, 3.63) is 42.0 Å². The van der Waals surface area contributed by atoms with Gasteiger partial charge in [-0.05, 0) is 35.2 Å². The third kappa shape index (κ3) is 8.54. The van der Waals surface area contributed by atoms with Gasteiger partial charge in [0.15, 0.2) is 0 Å². The summed E-state index contributed by atoms with van der Waals surface area (Å²) < 4.78 is 34.9. The zero-order chi connectivity index (χ0) is 19.5. The summed E-state index contributed by atoms with van der Waals surface area (Å²) in [6.45, 7) is 2.24. The average molecular weight is 413 g/mol. The molecular weight excluding hydrogens is 379 g/mol. The van der Waals surface area contributed by atoms with Gasteiger partial charge in [-0.2, -0.15) is 0 Å². The fourth-order valence-electron chi connectivity index (χ4n) is 3.77. The molecule has 2 aromatic rings. The summed E-state index contributed by atoms with van der Waals surface area (Å²) >= 11 is 0. The minimum absolute atomic E-state index is 0. The molecule has 3 nitrogen and oxygen atoms in total. The van der Waals surface area contributed by atoms with E-state index in [9.17, 15) is 13.0 Å². The van der Waals surface area contributed by atoms with Gasteiger partial charge in [0.2, 0.25) is 0 Å². The normalized spacial score (nSPS) is 11.5. The van der Waals surface area contributed by atoms with E-state index in [-0.39, 0.29) is 34.5 Å². The molecule has 28 heavy (non-hydrogen) atoms. The molecule has 0 heterocycles. The Kier molecular flexibility index (Phi) is 12.6. The summed E-state index contributed by atoms with van der Waals surface area (Å²) in [6, 6.07) is 10.9. The Bertz CT molecular complexity index is 803. The van der Waals surface area contributed by atoms with Crippen LogP contribution in [0.25, 0.3) is 10.8 Å². The molecule has 2 rings (SSSR count). The molecule has 0 aliphatic rings. The molecule has 0 bridgehead atoms. The van der Waals surface area contributed by atoms with Crippen molar-refractivity contribution in [1.82, 2.24) is 0 Å². The van der Waals surface area contributed by atoms with Crippen molar-refractivity contribution in [2.45, 2.75) is 88.9 Å². The summed E-state index contributed by atoms with van der Waals surface area (Å²) in [5.41, 5.74) is 0.694. The first kappa shape index (κ1) is 25.6. The summed E-state index contributed by atoms with van der Waals surface area (Å²) in [4.78, 5) is -0.0479. The van der Waals surface area contributed by atoms with Crippen LogP contribution in [-0.4, -0.2) is 13.0 Å². The van der Waals surface area contributed by atoms with Crippen LogP contribution in [0.15, 0.2) is 41.3 Å². The zero-order valence-corrected chi connectivity index (χ0v) is 20.4. The number of rotatable bonds is 13. The van der Waals surface area contributed by atoms with E-state index in [2.05, 4.69) is 6.92 Å². The zero-order valence-electron chi connectivity index (χ0n) is 17.6. The van der Waals surface area contributed by atoms with Gasteiger partial charge >= 0.3 is 29.6 Å². The van der Waals surface area contributed by atoms with Crippen LogP contribution in [0.2, 0.25) is 0 Å². The number of fused-ring (bicyclic) bond motifs is 1. The van der Waals surface area contributed by atoms with Crippen molar-refractivity contribution < 1.29 is 42.5 Å². The molecule has 0 aliphatic carbocycles. The van der Waals surface area contributed by atoms with Crippen molar-refractivity contribution in [2.75, 3.05) is 0 Å². The van der Waals surface area contributed by atoms with Gasteiger partial charge in [-0.25, -0.2) is 8.42 Å². The monoisotopic (exact) mass is 412 g/mol. The molecule has 2 aromatic carbocycles.